The van der Waals surface area contributed by atoms with Crippen molar-refractivity contribution in [2.24, 2.45) is 11.8 Å². The number of anilines is 1. The van der Waals surface area contributed by atoms with Gasteiger partial charge in [0.2, 0.25) is 17.4 Å². The van der Waals surface area contributed by atoms with Crippen LogP contribution in [0.1, 0.15) is 36.5 Å². The molecule has 1 spiro atoms. The second-order valence-electron chi connectivity index (χ2n) is 9.23. The summed E-state index contributed by atoms with van der Waals surface area (Å²) in [5.41, 5.74) is 2.78. The van der Waals surface area contributed by atoms with Gasteiger partial charge in [-0.05, 0) is 17.5 Å². The van der Waals surface area contributed by atoms with Crippen molar-refractivity contribution in [1.29, 1.82) is 0 Å². The van der Waals surface area contributed by atoms with Gasteiger partial charge in [-0.1, -0.05) is 55.5 Å². The van der Waals surface area contributed by atoms with Crippen molar-refractivity contribution in [3.05, 3.63) is 65.2 Å². The Balaban J connectivity index is 1.50. The highest BCUT2D eigenvalue weighted by atomic mass is 16.2. The Morgan fingerprint density at radius 3 is 2.65 bits per heavy atom. The minimum absolute atomic E-state index is 0.0178. The smallest absolute Gasteiger partial charge is 0.291 e. The van der Waals surface area contributed by atoms with Gasteiger partial charge in [0.25, 0.3) is 5.91 Å². The van der Waals surface area contributed by atoms with E-state index >= 15 is 0 Å². The van der Waals surface area contributed by atoms with Crippen LogP contribution in [0.2, 0.25) is 0 Å². The zero-order valence-electron chi connectivity index (χ0n) is 17.6. The number of hydrogen-bond donors (Lipinski definition) is 2. The summed E-state index contributed by atoms with van der Waals surface area (Å²) in [6.45, 7) is 3.16. The molecule has 6 heteroatoms. The van der Waals surface area contributed by atoms with Crippen LogP contribution < -0.4 is 10.2 Å². The van der Waals surface area contributed by atoms with Crippen molar-refractivity contribution < 1.29 is 19.3 Å². The molecule has 0 aliphatic carbocycles. The highest BCUT2D eigenvalue weighted by molar-refractivity contribution is 6.14. The van der Waals surface area contributed by atoms with E-state index in [1.165, 1.54) is 4.90 Å². The van der Waals surface area contributed by atoms with E-state index in [0.717, 1.165) is 53.1 Å². The van der Waals surface area contributed by atoms with E-state index < -0.39 is 17.4 Å². The van der Waals surface area contributed by atoms with Crippen LogP contribution in [-0.2, 0) is 32.9 Å². The summed E-state index contributed by atoms with van der Waals surface area (Å²) in [6.07, 6.45) is 2.66. The number of amides is 3. The maximum atomic E-state index is 13.8. The van der Waals surface area contributed by atoms with Crippen LogP contribution in [0.5, 0.6) is 0 Å². The molecule has 3 amide bonds. The van der Waals surface area contributed by atoms with Crippen LogP contribution in [0.3, 0.4) is 0 Å². The highest BCUT2D eigenvalue weighted by Crippen LogP contribution is 2.52. The SMILES string of the molecule is CCc1cccc2c1NC(=O)[C@@]21[C@@H]2C(=O)N(Cc3ccccc3)C(=O)[C@@H]2[C@@H]2CCC[NH+]21. The molecule has 0 radical (unpaired) electrons. The average Bonchev–Trinajstić information content (AvgIpc) is 3.49. The monoisotopic (exact) mass is 416 g/mol. The normalized spacial score (nSPS) is 33.1. The molecule has 3 fully saturated rings. The number of quaternary nitrogens is 1. The average molecular weight is 417 g/mol. The summed E-state index contributed by atoms with van der Waals surface area (Å²) in [5.74, 6) is -1.45. The summed E-state index contributed by atoms with van der Waals surface area (Å²) in [6, 6.07) is 15.7. The molecule has 158 valence electrons. The Hall–Kier alpha value is -2.99. The second kappa shape index (κ2) is 6.50. The minimum Gasteiger partial charge on any atom is -0.320 e. The van der Waals surface area contributed by atoms with Crippen molar-refractivity contribution in [2.45, 2.75) is 44.3 Å². The number of aryl methyl sites for hydroxylation is 1. The molecular formula is C25H26N3O3+. The zero-order valence-corrected chi connectivity index (χ0v) is 17.6. The van der Waals surface area contributed by atoms with Gasteiger partial charge in [0.15, 0.2) is 0 Å². The fourth-order valence-electron chi connectivity index (χ4n) is 6.82. The number of para-hydroxylation sites is 1. The van der Waals surface area contributed by atoms with E-state index in [1.54, 1.807) is 0 Å². The molecule has 2 aromatic rings. The Kier molecular flexibility index (Phi) is 3.93. The number of nitrogens with zero attached hydrogens (tertiary/aromatic N) is 1. The first-order valence-electron chi connectivity index (χ1n) is 11.3. The molecule has 4 aliphatic heterocycles. The molecule has 3 saturated heterocycles. The summed E-state index contributed by atoms with van der Waals surface area (Å²) >= 11 is 0. The van der Waals surface area contributed by atoms with Gasteiger partial charge in [-0.15, -0.1) is 0 Å². The molecule has 5 atom stereocenters. The molecule has 0 aromatic heterocycles. The first kappa shape index (κ1) is 18.8. The Labute approximate surface area is 181 Å². The molecule has 31 heavy (non-hydrogen) atoms. The lowest BCUT2D eigenvalue weighted by molar-refractivity contribution is -0.948. The first-order chi connectivity index (χ1) is 15.1. The van der Waals surface area contributed by atoms with Gasteiger partial charge < -0.3 is 10.2 Å². The van der Waals surface area contributed by atoms with Crippen LogP contribution >= 0.6 is 0 Å². The van der Waals surface area contributed by atoms with E-state index in [-0.39, 0.29) is 30.3 Å². The highest BCUT2D eigenvalue weighted by Gasteiger charge is 2.78. The predicted molar refractivity (Wildman–Crippen MR) is 114 cm³/mol. The van der Waals surface area contributed by atoms with Gasteiger partial charge in [0, 0.05) is 18.4 Å². The number of rotatable bonds is 3. The number of likely N-dealkylation sites (tertiary alicyclic amines) is 1. The molecule has 4 aliphatic rings. The number of hydrogen-bond acceptors (Lipinski definition) is 3. The Morgan fingerprint density at radius 1 is 1.06 bits per heavy atom. The molecule has 2 N–H and O–H groups in total. The second-order valence-corrected chi connectivity index (χ2v) is 9.23. The van der Waals surface area contributed by atoms with E-state index in [1.807, 2.05) is 48.5 Å². The van der Waals surface area contributed by atoms with Crippen molar-refractivity contribution in [3.8, 4) is 0 Å². The minimum atomic E-state index is -0.996. The van der Waals surface area contributed by atoms with Gasteiger partial charge in [-0.3, -0.25) is 19.3 Å². The van der Waals surface area contributed by atoms with E-state index in [9.17, 15) is 14.4 Å². The predicted octanol–water partition coefficient (Wildman–Crippen LogP) is 1.26. The van der Waals surface area contributed by atoms with Gasteiger partial charge in [-0.25, -0.2) is 0 Å². The van der Waals surface area contributed by atoms with Gasteiger partial charge >= 0.3 is 0 Å². The molecule has 4 heterocycles. The van der Waals surface area contributed by atoms with Gasteiger partial charge in [-0.2, -0.15) is 0 Å². The zero-order chi connectivity index (χ0) is 21.3. The van der Waals surface area contributed by atoms with Crippen molar-refractivity contribution in [3.63, 3.8) is 0 Å². The van der Waals surface area contributed by atoms with Crippen LogP contribution in [-0.4, -0.2) is 35.2 Å². The van der Waals surface area contributed by atoms with Crippen molar-refractivity contribution >= 4 is 23.4 Å². The maximum absolute atomic E-state index is 13.8. The number of fused-ring (bicyclic) bond motifs is 7. The van der Waals surface area contributed by atoms with E-state index in [0.29, 0.717) is 0 Å². The van der Waals surface area contributed by atoms with Crippen molar-refractivity contribution in [1.82, 2.24) is 4.90 Å². The van der Waals surface area contributed by atoms with Crippen LogP contribution in [0.25, 0.3) is 0 Å². The van der Waals surface area contributed by atoms with E-state index in [4.69, 9.17) is 0 Å². The summed E-state index contributed by atoms with van der Waals surface area (Å²) in [4.78, 5) is 43.6. The molecule has 6 nitrogen and oxygen atoms in total. The Morgan fingerprint density at radius 2 is 1.87 bits per heavy atom. The Bertz CT molecular complexity index is 1110. The maximum Gasteiger partial charge on any atom is 0.291 e. The molecule has 2 aromatic carbocycles. The molecule has 0 bridgehead atoms. The van der Waals surface area contributed by atoms with Gasteiger partial charge in [0.1, 0.15) is 17.9 Å². The molecular weight excluding hydrogens is 390 g/mol. The largest absolute Gasteiger partial charge is 0.320 e. The third-order valence-corrected chi connectivity index (χ3v) is 7.99. The lowest BCUT2D eigenvalue weighted by atomic mass is 9.75. The fraction of sp³-hybridized carbons (Fsp3) is 0.400. The summed E-state index contributed by atoms with van der Waals surface area (Å²) in [7, 11) is 0. The topological polar surface area (TPSA) is 70.9 Å². The lowest BCUT2D eigenvalue weighted by Gasteiger charge is -2.33. The number of imide groups is 1. The standard InChI is InChI=1S/C25H25N3O3/c1-2-16-10-6-11-17-21(16)26-24(31)25(17)20-19(18-12-7-13-28(18)25)22(29)27(23(20)30)14-15-8-4-3-5-9-15/h3-6,8-11,18-20H,2,7,12-14H2,1H3,(H,26,31)/p+1/t18-,19+,20-,25-/m0/s1. The van der Waals surface area contributed by atoms with Crippen LogP contribution in [0.15, 0.2) is 48.5 Å². The quantitative estimate of drug-likeness (QED) is 0.740. The molecule has 0 saturated carbocycles. The van der Waals surface area contributed by atoms with Crippen LogP contribution in [0.4, 0.5) is 5.69 Å². The van der Waals surface area contributed by atoms with Crippen LogP contribution in [0, 0.1) is 11.8 Å². The first-order valence-corrected chi connectivity index (χ1v) is 11.3. The lowest BCUT2D eigenvalue weighted by Crippen LogP contribution is -3.19. The van der Waals surface area contributed by atoms with E-state index in [2.05, 4.69) is 12.2 Å². The molecule has 1 unspecified atom stereocenters. The van der Waals surface area contributed by atoms with Gasteiger partial charge in [0.05, 0.1) is 18.8 Å². The summed E-state index contributed by atoms with van der Waals surface area (Å²) in [5, 5.41) is 3.13. The molecule has 6 rings (SSSR count). The van der Waals surface area contributed by atoms with Crippen molar-refractivity contribution in [2.75, 3.05) is 11.9 Å². The number of nitrogens with one attached hydrogen (secondary N) is 2. The third kappa shape index (κ3) is 2.23. The number of carbonyl (C=O) groups is 3. The number of benzene rings is 2. The number of carbonyl (C=O) groups excluding carboxylic acids is 3. The third-order valence-electron chi connectivity index (χ3n) is 7.99. The fourth-order valence-corrected chi connectivity index (χ4v) is 6.82. The summed E-state index contributed by atoms with van der Waals surface area (Å²) < 4.78 is 0.